The van der Waals surface area contributed by atoms with Crippen LogP contribution in [0.1, 0.15) is 10.5 Å². The molecule has 0 bridgehead atoms. The van der Waals surface area contributed by atoms with Crippen molar-refractivity contribution < 1.29 is 18.3 Å². The summed E-state index contributed by atoms with van der Waals surface area (Å²) in [6, 6.07) is 6.25. The minimum Gasteiger partial charge on any atom is -0.476 e. The normalized spacial score (nSPS) is 11.2. The van der Waals surface area contributed by atoms with Crippen LogP contribution in [0.4, 0.5) is 0 Å². The van der Waals surface area contributed by atoms with Crippen LogP contribution in [0.25, 0.3) is 0 Å². The predicted octanol–water partition coefficient (Wildman–Crippen LogP) is 1.73. The number of aromatic nitrogens is 2. The summed E-state index contributed by atoms with van der Waals surface area (Å²) in [7, 11) is -3.23. The molecule has 0 atom stereocenters. The van der Waals surface area contributed by atoms with Gasteiger partial charge in [-0.1, -0.05) is 11.8 Å². The van der Waals surface area contributed by atoms with Gasteiger partial charge in [-0.05, 0) is 24.3 Å². The van der Waals surface area contributed by atoms with E-state index in [4.69, 9.17) is 5.11 Å². The number of rotatable bonds is 4. The smallest absolute Gasteiger partial charge is 0.356 e. The summed E-state index contributed by atoms with van der Waals surface area (Å²) in [5.41, 5.74) is -0.136. The lowest BCUT2D eigenvalue weighted by Gasteiger charge is -2.03. The molecule has 1 aromatic carbocycles. The van der Waals surface area contributed by atoms with Crippen molar-refractivity contribution >= 4 is 27.6 Å². The number of hydrogen-bond donors (Lipinski definition) is 1. The van der Waals surface area contributed by atoms with E-state index in [1.165, 1.54) is 36.3 Å². The van der Waals surface area contributed by atoms with Gasteiger partial charge in [0.25, 0.3) is 0 Å². The third-order valence-electron chi connectivity index (χ3n) is 2.31. The maximum absolute atomic E-state index is 11.3. The van der Waals surface area contributed by atoms with Crippen molar-refractivity contribution in [3.63, 3.8) is 0 Å². The number of sulfone groups is 1. The van der Waals surface area contributed by atoms with Crippen LogP contribution in [0, 0.1) is 0 Å². The van der Waals surface area contributed by atoms with Crippen molar-refractivity contribution in [2.45, 2.75) is 14.8 Å². The van der Waals surface area contributed by atoms with Gasteiger partial charge in [0.2, 0.25) is 0 Å². The summed E-state index contributed by atoms with van der Waals surface area (Å²) in [6.07, 6.45) is 3.75. The van der Waals surface area contributed by atoms with E-state index in [0.29, 0.717) is 5.03 Å². The number of carbonyl (C=O) groups is 1. The summed E-state index contributed by atoms with van der Waals surface area (Å²) < 4.78 is 22.7. The molecule has 0 saturated heterocycles. The van der Waals surface area contributed by atoms with Crippen LogP contribution in [0.2, 0.25) is 0 Å². The molecule has 0 fully saturated rings. The highest BCUT2D eigenvalue weighted by Crippen LogP contribution is 2.26. The third-order valence-corrected chi connectivity index (χ3v) is 4.35. The summed E-state index contributed by atoms with van der Waals surface area (Å²) >= 11 is 1.21. The Kier molecular flexibility index (Phi) is 4.05. The van der Waals surface area contributed by atoms with Crippen molar-refractivity contribution in [1.82, 2.24) is 9.97 Å². The SMILES string of the molecule is CS(=O)(=O)c1ccc(Sc2cncc(C(=O)O)n2)cc1. The first-order valence-electron chi connectivity index (χ1n) is 5.39. The predicted molar refractivity (Wildman–Crippen MR) is 72.7 cm³/mol. The topological polar surface area (TPSA) is 97.2 Å². The number of nitrogens with zero attached hydrogens (tertiary/aromatic N) is 2. The van der Waals surface area contributed by atoms with Crippen molar-refractivity contribution in [1.29, 1.82) is 0 Å². The lowest BCUT2D eigenvalue weighted by Crippen LogP contribution is -2.01. The summed E-state index contributed by atoms with van der Waals surface area (Å²) in [4.78, 5) is 19.5. The number of aromatic carboxylic acids is 1. The maximum Gasteiger partial charge on any atom is 0.356 e. The fourth-order valence-electron chi connectivity index (χ4n) is 1.38. The van der Waals surface area contributed by atoms with E-state index in [0.717, 1.165) is 11.2 Å². The minimum atomic E-state index is -3.23. The molecule has 0 aliphatic rings. The van der Waals surface area contributed by atoms with Crippen LogP contribution in [-0.2, 0) is 9.84 Å². The molecule has 0 aliphatic carbocycles. The Morgan fingerprint density at radius 2 is 1.85 bits per heavy atom. The Hall–Kier alpha value is -1.93. The van der Waals surface area contributed by atoms with Gasteiger partial charge in [0, 0.05) is 11.2 Å². The quantitative estimate of drug-likeness (QED) is 0.918. The number of carboxylic acid groups (broad SMARTS) is 1. The molecular weight excluding hydrogens is 300 g/mol. The van der Waals surface area contributed by atoms with Crippen LogP contribution < -0.4 is 0 Å². The Morgan fingerprint density at radius 3 is 2.40 bits per heavy atom. The molecule has 1 aromatic heterocycles. The highest BCUT2D eigenvalue weighted by molar-refractivity contribution is 7.99. The first kappa shape index (κ1) is 14.5. The van der Waals surface area contributed by atoms with Crippen LogP contribution in [0.3, 0.4) is 0 Å². The Balaban J connectivity index is 2.22. The first-order chi connectivity index (χ1) is 9.36. The van der Waals surface area contributed by atoms with Gasteiger partial charge in [0.15, 0.2) is 15.5 Å². The van der Waals surface area contributed by atoms with E-state index in [-0.39, 0.29) is 10.6 Å². The molecule has 104 valence electrons. The minimum absolute atomic E-state index is 0.136. The number of carboxylic acids is 1. The lowest BCUT2D eigenvalue weighted by molar-refractivity contribution is 0.0689. The molecule has 2 rings (SSSR count). The average Bonchev–Trinajstić information content (AvgIpc) is 2.38. The second kappa shape index (κ2) is 5.59. The zero-order chi connectivity index (χ0) is 14.8. The molecule has 6 nitrogen and oxygen atoms in total. The van der Waals surface area contributed by atoms with Crippen LogP contribution in [0.5, 0.6) is 0 Å². The Bertz CT molecular complexity index is 742. The number of benzene rings is 1. The fourth-order valence-corrected chi connectivity index (χ4v) is 2.78. The first-order valence-corrected chi connectivity index (χ1v) is 8.10. The monoisotopic (exact) mass is 310 g/mol. The van der Waals surface area contributed by atoms with E-state index in [9.17, 15) is 13.2 Å². The van der Waals surface area contributed by atoms with Gasteiger partial charge in [0.1, 0.15) is 5.03 Å². The maximum atomic E-state index is 11.3. The second-order valence-corrected chi connectivity index (χ2v) is 7.00. The highest BCUT2D eigenvalue weighted by atomic mass is 32.2. The van der Waals surface area contributed by atoms with Gasteiger partial charge in [-0.15, -0.1) is 0 Å². The standard InChI is InChI=1S/C12H10N2O4S2/c1-20(17,18)9-4-2-8(3-5-9)19-11-7-13-6-10(14-11)12(15)16/h2-7H,1H3,(H,15,16). The van der Waals surface area contributed by atoms with Crippen molar-refractivity contribution in [2.24, 2.45) is 0 Å². The van der Waals surface area contributed by atoms with Crippen molar-refractivity contribution in [3.8, 4) is 0 Å². The Labute approximate surface area is 119 Å². The fraction of sp³-hybridized carbons (Fsp3) is 0.0833. The largest absolute Gasteiger partial charge is 0.476 e. The van der Waals surface area contributed by atoms with Gasteiger partial charge in [0.05, 0.1) is 17.3 Å². The summed E-state index contributed by atoms with van der Waals surface area (Å²) in [5, 5.41) is 9.25. The number of hydrogen-bond acceptors (Lipinski definition) is 6. The molecule has 1 N–H and O–H groups in total. The molecule has 0 unspecified atom stereocenters. The van der Waals surface area contributed by atoms with E-state index in [2.05, 4.69) is 9.97 Å². The van der Waals surface area contributed by atoms with Crippen molar-refractivity contribution in [3.05, 3.63) is 42.4 Å². The zero-order valence-corrected chi connectivity index (χ0v) is 12.0. The van der Waals surface area contributed by atoms with Gasteiger partial charge in [-0.25, -0.2) is 18.2 Å². The third kappa shape index (κ3) is 3.55. The van der Waals surface area contributed by atoms with Crippen molar-refractivity contribution in [2.75, 3.05) is 6.26 Å². The molecule has 8 heteroatoms. The molecule has 2 aromatic rings. The van der Waals surface area contributed by atoms with E-state index >= 15 is 0 Å². The second-order valence-electron chi connectivity index (χ2n) is 3.89. The molecule has 1 heterocycles. The van der Waals surface area contributed by atoms with E-state index in [1.807, 2.05) is 0 Å². The van der Waals surface area contributed by atoms with Gasteiger partial charge in [-0.3, -0.25) is 4.98 Å². The van der Waals surface area contributed by atoms with Crippen LogP contribution >= 0.6 is 11.8 Å². The molecule has 0 saturated carbocycles. The summed E-state index contributed by atoms with van der Waals surface area (Å²) in [6.45, 7) is 0. The van der Waals surface area contributed by atoms with Gasteiger partial charge in [-0.2, -0.15) is 0 Å². The molecule has 0 aliphatic heterocycles. The average molecular weight is 310 g/mol. The molecule has 0 amide bonds. The van der Waals surface area contributed by atoms with Gasteiger partial charge >= 0.3 is 5.97 Å². The molecule has 20 heavy (non-hydrogen) atoms. The van der Waals surface area contributed by atoms with Gasteiger partial charge < -0.3 is 5.11 Å². The summed E-state index contributed by atoms with van der Waals surface area (Å²) in [5.74, 6) is -1.15. The van der Waals surface area contributed by atoms with E-state index < -0.39 is 15.8 Å². The lowest BCUT2D eigenvalue weighted by atomic mass is 10.4. The highest BCUT2D eigenvalue weighted by Gasteiger charge is 2.09. The van der Waals surface area contributed by atoms with Crippen LogP contribution in [0.15, 0.2) is 51.5 Å². The molecular formula is C12H10N2O4S2. The van der Waals surface area contributed by atoms with E-state index in [1.54, 1.807) is 12.1 Å². The molecule has 0 radical (unpaired) electrons. The Morgan fingerprint density at radius 1 is 1.20 bits per heavy atom. The zero-order valence-electron chi connectivity index (χ0n) is 10.3. The van der Waals surface area contributed by atoms with Crippen LogP contribution in [-0.4, -0.2) is 35.7 Å². The molecule has 0 spiro atoms.